The van der Waals surface area contributed by atoms with Crippen LogP contribution in [-0.2, 0) is 26.0 Å². The van der Waals surface area contributed by atoms with E-state index in [1.54, 1.807) is 28.6 Å². The molecular formula is C18H20N2O4S. The molecule has 132 valence electrons. The van der Waals surface area contributed by atoms with Gasteiger partial charge in [0.05, 0.1) is 18.1 Å². The molecule has 0 N–H and O–H groups in total. The Balaban J connectivity index is 1.84. The summed E-state index contributed by atoms with van der Waals surface area (Å²) in [6, 6.07) is 18.1. The molecule has 0 radical (unpaired) electrons. The van der Waals surface area contributed by atoms with E-state index in [1.807, 2.05) is 36.4 Å². The maximum Gasteiger partial charge on any atom is 0.443 e. The number of morpholine rings is 1. The van der Waals surface area contributed by atoms with Crippen LogP contribution in [0, 0.1) is 0 Å². The number of rotatable bonds is 4. The van der Waals surface area contributed by atoms with Crippen molar-refractivity contribution in [1.82, 2.24) is 4.31 Å². The lowest BCUT2D eigenvalue weighted by molar-refractivity contribution is 0.0743. The number of carbonyl (C=O) groups is 1. The Morgan fingerprint density at radius 2 is 1.64 bits per heavy atom. The maximum absolute atomic E-state index is 13.6. The average molecular weight is 360 g/mol. The van der Waals surface area contributed by atoms with Crippen LogP contribution in [0.5, 0.6) is 0 Å². The summed E-state index contributed by atoms with van der Waals surface area (Å²) in [7, 11) is -3.07. The van der Waals surface area contributed by atoms with Gasteiger partial charge >= 0.3 is 6.09 Å². The van der Waals surface area contributed by atoms with Crippen molar-refractivity contribution in [3.8, 4) is 0 Å². The van der Waals surface area contributed by atoms with Gasteiger partial charge in [0.2, 0.25) is 0 Å². The number of hydrogen-bond donors (Lipinski definition) is 0. The molecule has 25 heavy (non-hydrogen) atoms. The van der Waals surface area contributed by atoms with E-state index in [2.05, 4.69) is 4.36 Å². The normalized spacial score (nSPS) is 17.4. The Labute approximate surface area is 147 Å². The Bertz CT molecular complexity index is 811. The van der Waals surface area contributed by atoms with Crippen molar-refractivity contribution < 1.29 is 18.5 Å². The summed E-state index contributed by atoms with van der Waals surface area (Å²) in [6.45, 7) is 1.90. The molecule has 0 aliphatic carbocycles. The molecule has 1 aliphatic rings. The van der Waals surface area contributed by atoms with Gasteiger partial charge in [-0.25, -0.2) is 13.3 Å². The van der Waals surface area contributed by atoms with Gasteiger partial charge < -0.3 is 9.47 Å². The third-order valence-corrected chi connectivity index (χ3v) is 6.12. The largest absolute Gasteiger partial charge is 0.443 e. The molecular weight excluding hydrogens is 340 g/mol. The molecule has 0 spiro atoms. The quantitative estimate of drug-likeness (QED) is 0.840. The highest BCUT2D eigenvalue weighted by Gasteiger charge is 2.26. The lowest BCUT2D eigenvalue weighted by Crippen LogP contribution is -2.40. The fourth-order valence-corrected chi connectivity index (χ4v) is 4.43. The predicted molar refractivity (Wildman–Crippen MR) is 94.3 cm³/mol. The van der Waals surface area contributed by atoms with Gasteiger partial charge in [-0.15, -0.1) is 4.36 Å². The van der Waals surface area contributed by atoms with Gasteiger partial charge in [-0.1, -0.05) is 48.5 Å². The van der Waals surface area contributed by atoms with E-state index in [1.165, 1.54) is 0 Å². The number of carbonyl (C=O) groups excluding carboxylic acids is 1. The molecule has 0 aromatic heterocycles. The summed E-state index contributed by atoms with van der Waals surface area (Å²) in [4.78, 5) is 12.7. The van der Waals surface area contributed by atoms with E-state index in [9.17, 15) is 9.00 Å². The van der Waals surface area contributed by atoms with Crippen molar-refractivity contribution in [2.75, 3.05) is 26.3 Å². The molecule has 2 aromatic carbocycles. The molecule has 2 aromatic rings. The molecule has 1 unspecified atom stereocenters. The zero-order valence-electron chi connectivity index (χ0n) is 13.7. The minimum atomic E-state index is -3.07. The molecule has 1 amide bonds. The number of nitrogens with zero attached hydrogens (tertiary/aromatic N) is 2. The average Bonchev–Trinajstić information content (AvgIpc) is 2.68. The van der Waals surface area contributed by atoms with Crippen LogP contribution in [0.4, 0.5) is 4.79 Å². The lowest BCUT2D eigenvalue weighted by Gasteiger charge is -2.29. The van der Waals surface area contributed by atoms with Crippen LogP contribution in [0.2, 0.25) is 0 Å². The minimum Gasteiger partial charge on any atom is -0.443 e. The summed E-state index contributed by atoms with van der Waals surface area (Å²) in [6.07, 6.45) is -0.829. The Morgan fingerprint density at radius 1 is 1.04 bits per heavy atom. The van der Waals surface area contributed by atoms with Crippen molar-refractivity contribution in [1.29, 1.82) is 0 Å². The number of ether oxygens (including phenoxy) is 2. The van der Waals surface area contributed by atoms with Gasteiger partial charge in [0.25, 0.3) is 0 Å². The van der Waals surface area contributed by atoms with Crippen LogP contribution in [0.1, 0.15) is 5.56 Å². The van der Waals surface area contributed by atoms with Gasteiger partial charge in [0.15, 0.2) is 0 Å². The molecule has 3 rings (SSSR count). The third kappa shape index (κ3) is 4.45. The fourth-order valence-electron chi connectivity index (χ4n) is 2.50. The van der Waals surface area contributed by atoms with E-state index in [4.69, 9.17) is 9.47 Å². The highest BCUT2D eigenvalue weighted by atomic mass is 32.2. The van der Waals surface area contributed by atoms with Crippen molar-refractivity contribution in [2.24, 2.45) is 4.36 Å². The molecule has 1 fully saturated rings. The van der Waals surface area contributed by atoms with Crippen LogP contribution in [0.25, 0.3) is 0 Å². The summed E-state index contributed by atoms with van der Waals surface area (Å²) in [5, 5.41) is 0. The Hall–Kier alpha value is -2.22. The molecule has 6 nitrogen and oxygen atoms in total. The smallest absolute Gasteiger partial charge is 0.443 e. The van der Waals surface area contributed by atoms with Crippen LogP contribution in [0.3, 0.4) is 0 Å². The van der Waals surface area contributed by atoms with Gasteiger partial charge in [-0.3, -0.25) is 0 Å². The second-order valence-electron chi connectivity index (χ2n) is 5.48. The van der Waals surface area contributed by atoms with Gasteiger partial charge in [0, 0.05) is 13.1 Å². The molecule has 1 atom stereocenters. The number of amides is 1. The SMILES string of the molecule is O=C(N=S(=O)(c1ccccc1)N1CCOCC1)OCc1ccccc1. The van der Waals surface area contributed by atoms with Crippen LogP contribution in [0.15, 0.2) is 69.9 Å². The lowest BCUT2D eigenvalue weighted by atomic mass is 10.2. The Morgan fingerprint density at radius 3 is 2.28 bits per heavy atom. The molecule has 1 aliphatic heterocycles. The highest BCUT2D eigenvalue weighted by Crippen LogP contribution is 2.20. The molecule has 1 saturated heterocycles. The zero-order chi connectivity index (χ0) is 17.5. The van der Waals surface area contributed by atoms with E-state index in [0.29, 0.717) is 31.2 Å². The fraction of sp³-hybridized carbons (Fsp3) is 0.278. The van der Waals surface area contributed by atoms with Crippen molar-refractivity contribution in [3.05, 3.63) is 66.2 Å². The molecule has 0 saturated carbocycles. The van der Waals surface area contributed by atoms with E-state index in [-0.39, 0.29) is 6.61 Å². The topological polar surface area (TPSA) is 68.2 Å². The standard InChI is InChI=1S/C18H20N2O4S/c21-18(24-15-16-7-3-1-4-8-16)19-25(22,17-9-5-2-6-10-17)20-11-13-23-14-12-20/h1-10H,11-15H2. The first-order valence-electron chi connectivity index (χ1n) is 8.04. The first kappa shape index (κ1) is 17.6. The van der Waals surface area contributed by atoms with E-state index < -0.39 is 16.0 Å². The monoisotopic (exact) mass is 360 g/mol. The Kier molecular flexibility index (Phi) is 5.80. The van der Waals surface area contributed by atoms with E-state index in [0.717, 1.165) is 5.56 Å². The maximum atomic E-state index is 13.6. The summed E-state index contributed by atoms with van der Waals surface area (Å²) >= 11 is 0. The van der Waals surface area contributed by atoms with Gasteiger partial charge in [0.1, 0.15) is 16.5 Å². The minimum absolute atomic E-state index is 0.0938. The third-order valence-electron chi connectivity index (χ3n) is 3.77. The van der Waals surface area contributed by atoms with Gasteiger partial charge in [-0.05, 0) is 17.7 Å². The van der Waals surface area contributed by atoms with Crippen LogP contribution in [-0.4, -0.2) is 40.9 Å². The second-order valence-corrected chi connectivity index (χ2v) is 7.65. The van der Waals surface area contributed by atoms with Crippen LogP contribution < -0.4 is 0 Å². The molecule has 7 heteroatoms. The summed E-state index contributed by atoms with van der Waals surface area (Å²) < 4.78 is 29.7. The van der Waals surface area contributed by atoms with Crippen molar-refractivity contribution in [3.63, 3.8) is 0 Å². The van der Waals surface area contributed by atoms with Crippen LogP contribution >= 0.6 is 0 Å². The van der Waals surface area contributed by atoms with Crippen molar-refractivity contribution in [2.45, 2.75) is 11.5 Å². The molecule has 1 heterocycles. The predicted octanol–water partition coefficient (Wildman–Crippen LogP) is 3.10. The zero-order valence-corrected chi connectivity index (χ0v) is 14.6. The number of benzene rings is 2. The van der Waals surface area contributed by atoms with Crippen molar-refractivity contribution >= 4 is 16.0 Å². The van der Waals surface area contributed by atoms with Gasteiger partial charge in [-0.2, -0.15) is 0 Å². The second kappa shape index (κ2) is 8.24. The highest BCUT2D eigenvalue weighted by molar-refractivity contribution is 7.91. The van der Waals surface area contributed by atoms with E-state index >= 15 is 0 Å². The summed E-state index contributed by atoms with van der Waals surface area (Å²) in [5.74, 6) is 0. The first-order valence-corrected chi connectivity index (χ1v) is 9.51. The summed E-state index contributed by atoms with van der Waals surface area (Å²) in [5.41, 5.74) is 0.851. The number of hydrogen-bond acceptors (Lipinski definition) is 4. The molecule has 0 bridgehead atoms. The first-order chi connectivity index (χ1) is 12.2.